The third-order valence-corrected chi connectivity index (χ3v) is 4.92. The van der Waals surface area contributed by atoms with Gasteiger partial charge in [0.1, 0.15) is 4.88 Å². The zero-order valence-electron chi connectivity index (χ0n) is 14.7. The van der Waals surface area contributed by atoms with Gasteiger partial charge >= 0.3 is 5.97 Å². The summed E-state index contributed by atoms with van der Waals surface area (Å²) in [6.07, 6.45) is 1.97. The standard InChI is InChI=1S/C17H23N3O3S/c1-6-7-13-8-14(24-12(13)4)17(22)23-9-15(21)18-16-10(2)19-20(5)11(16)3/h8H,6-7,9H2,1-5H3,(H,18,21). The second-order valence-corrected chi connectivity index (χ2v) is 6.99. The number of thiophene rings is 1. The average molecular weight is 349 g/mol. The Morgan fingerprint density at radius 3 is 2.62 bits per heavy atom. The fraction of sp³-hybridized carbons (Fsp3) is 0.471. The molecule has 0 aliphatic carbocycles. The number of ether oxygens (including phenoxy) is 1. The Balaban J connectivity index is 1.94. The number of anilines is 1. The Morgan fingerprint density at radius 1 is 1.33 bits per heavy atom. The van der Waals surface area contributed by atoms with Gasteiger partial charge in [0.15, 0.2) is 6.61 Å². The van der Waals surface area contributed by atoms with Crippen molar-refractivity contribution in [3.63, 3.8) is 0 Å². The van der Waals surface area contributed by atoms with Crippen molar-refractivity contribution < 1.29 is 14.3 Å². The Morgan fingerprint density at radius 2 is 2.04 bits per heavy atom. The van der Waals surface area contributed by atoms with E-state index in [2.05, 4.69) is 17.3 Å². The lowest BCUT2D eigenvalue weighted by molar-refractivity contribution is -0.119. The number of aryl methyl sites for hydroxylation is 4. The van der Waals surface area contributed by atoms with Crippen molar-refractivity contribution in [2.75, 3.05) is 11.9 Å². The van der Waals surface area contributed by atoms with Crippen molar-refractivity contribution in [3.05, 3.63) is 32.8 Å². The summed E-state index contributed by atoms with van der Waals surface area (Å²) in [5.41, 5.74) is 3.41. The monoisotopic (exact) mass is 349 g/mol. The number of hydrogen-bond acceptors (Lipinski definition) is 5. The minimum atomic E-state index is -0.458. The van der Waals surface area contributed by atoms with E-state index in [4.69, 9.17) is 4.74 Å². The van der Waals surface area contributed by atoms with Gasteiger partial charge in [0, 0.05) is 11.9 Å². The molecule has 0 fully saturated rings. The predicted molar refractivity (Wildman–Crippen MR) is 94.6 cm³/mol. The lowest BCUT2D eigenvalue weighted by Crippen LogP contribution is -2.21. The summed E-state index contributed by atoms with van der Waals surface area (Å²) in [5, 5.41) is 6.98. The van der Waals surface area contributed by atoms with E-state index >= 15 is 0 Å². The van der Waals surface area contributed by atoms with Crippen LogP contribution < -0.4 is 5.32 Å². The highest BCUT2D eigenvalue weighted by Crippen LogP contribution is 2.23. The number of amides is 1. The summed E-state index contributed by atoms with van der Waals surface area (Å²) >= 11 is 1.41. The minimum absolute atomic E-state index is 0.313. The summed E-state index contributed by atoms with van der Waals surface area (Å²) in [7, 11) is 1.81. The van der Waals surface area contributed by atoms with E-state index in [0.717, 1.165) is 29.1 Å². The van der Waals surface area contributed by atoms with Gasteiger partial charge in [-0.1, -0.05) is 13.3 Å². The van der Waals surface area contributed by atoms with Gasteiger partial charge in [-0.25, -0.2) is 4.79 Å². The quantitative estimate of drug-likeness (QED) is 0.813. The molecule has 0 atom stereocenters. The number of carbonyl (C=O) groups excluding carboxylic acids is 2. The first-order valence-corrected chi connectivity index (χ1v) is 8.71. The average Bonchev–Trinajstić information content (AvgIpc) is 3.00. The maximum Gasteiger partial charge on any atom is 0.348 e. The number of hydrogen-bond donors (Lipinski definition) is 1. The molecule has 2 rings (SSSR count). The molecular weight excluding hydrogens is 326 g/mol. The van der Waals surface area contributed by atoms with E-state index in [1.165, 1.54) is 16.9 Å². The van der Waals surface area contributed by atoms with E-state index < -0.39 is 5.97 Å². The zero-order valence-corrected chi connectivity index (χ0v) is 15.5. The molecule has 6 nitrogen and oxygen atoms in total. The molecule has 1 amide bonds. The van der Waals surface area contributed by atoms with Crippen LogP contribution in [0.1, 0.15) is 44.8 Å². The van der Waals surface area contributed by atoms with Crippen LogP contribution in [0.3, 0.4) is 0 Å². The minimum Gasteiger partial charge on any atom is -0.451 e. The van der Waals surface area contributed by atoms with E-state index in [-0.39, 0.29) is 12.5 Å². The van der Waals surface area contributed by atoms with Crippen molar-refractivity contribution in [1.82, 2.24) is 9.78 Å². The van der Waals surface area contributed by atoms with Crippen molar-refractivity contribution in [3.8, 4) is 0 Å². The molecule has 2 aromatic heterocycles. The summed E-state index contributed by atoms with van der Waals surface area (Å²) in [6, 6.07) is 1.86. The third kappa shape index (κ3) is 4.03. The van der Waals surface area contributed by atoms with Crippen LogP contribution >= 0.6 is 11.3 Å². The molecule has 24 heavy (non-hydrogen) atoms. The molecule has 0 unspecified atom stereocenters. The van der Waals surface area contributed by atoms with Crippen LogP contribution in [0.4, 0.5) is 5.69 Å². The Bertz CT molecular complexity index is 761. The number of nitrogens with one attached hydrogen (secondary N) is 1. The number of nitrogens with zero attached hydrogens (tertiary/aromatic N) is 2. The van der Waals surface area contributed by atoms with E-state index in [1.807, 2.05) is 33.9 Å². The molecule has 0 aliphatic heterocycles. The molecule has 2 heterocycles. The predicted octanol–water partition coefficient (Wildman–Crippen LogP) is 3.15. The molecule has 130 valence electrons. The maximum atomic E-state index is 12.1. The molecule has 0 aliphatic rings. The van der Waals surface area contributed by atoms with Crippen LogP contribution in [0.5, 0.6) is 0 Å². The smallest absolute Gasteiger partial charge is 0.348 e. The first-order chi connectivity index (χ1) is 11.3. The summed E-state index contributed by atoms with van der Waals surface area (Å²) < 4.78 is 6.82. The van der Waals surface area contributed by atoms with Crippen molar-refractivity contribution >= 4 is 28.9 Å². The molecule has 2 aromatic rings. The van der Waals surface area contributed by atoms with Crippen LogP contribution in [0.25, 0.3) is 0 Å². The van der Waals surface area contributed by atoms with Crippen LogP contribution in [-0.4, -0.2) is 28.3 Å². The van der Waals surface area contributed by atoms with Gasteiger partial charge in [-0.15, -0.1) is 11.3 Å². The van der Waals surface area contributed by atoms with Gasteiger partial charge in [-0.2, -0.15) is 5.10 Å². The van der Waals surface area contributed by atoms with Crippen molar-refractivity contribution in [1.29, 1.82) is 0 Å². The van der Waals surface area contributed by atoms with Gasteiger partial charge in [0.2, 0.25) is 0 Å². The van der Waals surface area contributed by atoms with Gasteiger partial charge in [0.05, 0.1) is 17.1 Å². The van der Waals surface area contributed by atoms with E-state index in [1.54, 1.807) is 4.68 Å². The van der Waals surface area contributed by atoms with Crippen molar-refractivity contribution in [2.24, 2.45) is 7.05 Å². The van der Waals surface area contributed by atoms with Gasteiger partial charge in [-0.3, -0.25) is 9.48 Å². The number of aromatic nitrogens is 2. The lowest BCUT2D eigenvalue weighted by Gasteiger charge is -2.06. The lowest BCUT2D eigenvalue weighted by atomic mass is 10.1. The van der Waals surface area contributed by atoms with E-state index in [9.17, 15) is 9.59 Å². The van der Waals surface area contributed by atoms with Crippen LogP contribution in [0, 0.1) is 20.8 Å². The second kappa shape index (κ2) is 7.61. The van der Waals surface area contributed by atoms with Gasteiger partial charge in [0.25, 0.3) is 5.91 Å². The molecule has 0 aromatic carbocycles. The Kier molecular flexibility index (Phi) is 5.77. The fourth-order valence-corrected chi connectivity index (χ4v) is 3.44. The third-order valence-electron chi connectivity index (χ3n) is 3.85. The SMILES string of the molecule is CCCc1cc(C(=O)OCC(=O)Nc2c(C)nn(C)c2C)sc1C. The Hall–Kier alpha value is -2.15. The van der Waals surface area contributed by atoms with Gasteiger partial charge in [-0.05, 0) is 38.8 Å². The number of esters is 1. The highest BCUT2D eigenvalue weighted by atomic mass is 32.1. The number of rotatable bonds is 6. The van der Waals surface area contributed by atoms with Crippen LogP contribution in [0.2, 0.25) is 0 Å². The number of carbonyl (C=O) groups is 2. The maximum absolute atomic E-state index is 12.1. The topological polar surface area (TPSA) is 73.2 Å². The first-order valence-electron chi connectivity index (χ1n) is 7.90. The summed E-state index contributed by atoms with van der Waals surface area (Å²) in [6.45, 7) is 7.46. The van der Waals surface area contributed by atoms with Crippen LogP contribution in [-0.2, 0) is 23.0 Å². The zero-order chi connectivity index (χ0) is 17.9. The highest BCUT2D eigenvalue weighted by Gasteiger charge is 2.17. The summed E-state index contributed by atoms with van der Waals surface area (Å²) in [5.74, 6) is -0.829. The molecule has 0 spiro atoms. The summed E-state index contributed by atoms with van der Waals surface area (Å²) in [4.78, 5) is 25.8. The molecular formula is C17H23N3O3S. The van der Waals surface area contributed by atoms with Crippen molar-refractivity contribution in [2.45, 2.75) is 40.5 Å². The fourth-order valence-electron chi connectivity index (χ4n) is 2.47. The van der Waals surface area contributed by atoms with E-state index in [0.29, 0.717) is 10.6 Å². The molecule has 1 N–H and O–H groups in total. The van der Waals surface area contributed by atoms with Gasteiger partial charge < -0.3 is 10.1 Å². The normalized spacial score (nSPS) is 10.7. The molecule has 7 heteroatoms. The second-order valence-electron chi connectivity index (χ2n) is 5.74. The molecule has 0 saturated heterocycles. The van der Waals surface area contributed by atoms with Crippen LogP contribution in [0.15, 0.2) is 6.07 Å². The Labute approximate surface area is 145 Å². The largest absolute Gasteiger partial charge is 0.451 e. The molecule has 0 radical (unpaired) electrons. The first kappa shape index (κ1) is 18.2. The molecule has 0 bridgehead atoms. The highest BCUT2D eigenvalue weighted by molar-refractivity contribution is 7.14. The molecule has 0 saturated carbocycles.